The molecule has 2 N–H and O–H groups in total. The minimum Gasteiger partial charge on any atom is -0.369 e. The Labute approximate surface area is 130 Å². The Hall–Kier alpha value is -0.750. The fourth-order valence-electron chi connectivity index (χ4n) is 3.03. The number of nitrogens with two attached hydrogens (primary N) is 1. The van der Waals surface area contributed by atoms with Crippen molar-refractivity contribution in [1.29, 1.82) is 0 Å². The molecule has 2 unspecified atom stereocenters. The molecule has 1 aliphatic rings. The minimum absolute atomic E-state index is 0.267. The van der Waals surface area contributed by atoms with Gasteiger partial charge in [-0.2, -0.15) is 11.8 Å². The van der Waals surface area contributed by atoms with Crippen LogP contribution in [0.3, 0.4) is 0 Å². The zero-order valence-corrected chi connectivity index (χ0v) is 13.7. The summed E-state index contributed by atoms with van der Waals surface area (Å²) in [5.41, 5.74) is 7.61. The standard InChI is InChI=1S/C14H17BrFN3S/c1-2-20-9-4-3-8(5-9)19-13-7-11(16)10(15)6-12(13)18-14(19)17/h6-9H,2-5H2,1H3,(H2,17,18). The molecule has 2 aromatic rings. The highest BCUT2D eigenvalue weighted by Crippen LogP contribution is 2.40. The first-order valence-electron chi connectivity index (χ1n) is 6.84. The van der Waals surface area contributed by atoms with Gasteiger partial charge in [-0.1, -0.05) is 6.92 Å². The average molecular weight is 358 g/mol. The summed E-state index contributed by atoms with van der Waals surface area (Å²) in [4.78, 5) is 4.37. The van der Waals surface area contributed by atoms with Crippen molar-refractivity contribution in [2.24, 2.45) is 0 Å². The van der Waals surface area contributed by atoms with Crippen LogP contribution in [0.2, 0.25) is 0 Å². The van der Waals surface area contributed by atoms with Gasteiger partial charge in [0.2, 0.25) is 5.95 Å². The van der Waals surface area contributed by atoms with Gasteiger partial charge in [0.25, 0.3) is 0 Å². The molecule has 20 heavy (non-hydrogen) atoms. The van der Waals surface area contributed by atoms with Gasteiger partial charge in [0.15, 0.2) is 0 Å². The minimum atomic E-state index is -0.267. The van der Waals surface area contributed by atoms with Crippen molar-refractivity contribution < 1.29 is 4.39 Å². The van der Waals surface area contributed by atoms with E-state index in [1.165, 1.54) is 12.5 Å². The summed E-state index contributed by atoms with van der Waals surface area (Å²) in [6.07, 6.45) is 3.37. The second-order valence-corrected chi connectivity index (χ2v) is 7.57. The summed E-state index contributed by atoms with van der Waals surface area (Å²) in [5.74, 6) is 1.36. The lowest BCUT2D eigenvalue weighted by Crippen LogP contribution is -2.10. The molecule has 0 aliphatic heterocycles. The molecule has 108 valence electrons. The van der Waals surface area contributed by atoms with Gasteiger partial charge < -0.3 is 10.3 Å². The molecule has 2 atom stereocenters. The van der Waals surface area contributed by atoms with E-state index in [0.29, 0.717) is 21.7 Å². The zero-order valence-electron chi connectivity index (χ0n) is 11.3. The molecule has 0 amide bonds. The second kappa shape index (κ2) is 5.56. The summed E-state index contributed by atoms with van der Waals surface area (Å²) in [7, 11) is 0. The number of nitrogen functional groups attached to an aromatic ring is 1. The number of anilines is 1. The Morgan fingerprint density at radius 1 is 1.50 bits per heavy atom. The lowest BCUT2D eigenvalue weighted by Gasteiger charge is -2.15. The van der Waals surface area contributed by atoms with Crippen LogP contribution in [0.5, 0.6) is 0 Å². The second-order valence-electron chi connectivity index (χ2n) is 5.14. The normalized spacial score (nSPS) is 22.8. The highest BCUT2D eigenvalue weighted by molar-refractivity contribution is 9.10. The SMILES string of the molecule is CCSC1CCC(n2c(N)nc3cc(Br)c(F)cc32)C1. The predicted molar refractivity (Wildman–Crippen MR) is 86.6 cm³/mol. The number of aromatic nitrogens is 2. The molecule has 3 nitrogen and oxygen atoms in total. The third-order valence-corrected chi connectivity index (χ3v) is 5.72. The number of benzene rings is 1. The molecule has 6 heteroatoms. The first kappa shape index (κ1) is 14.2. The van der Waals surface area contributed by atoms with Crippen molar-refractivity contribution >= 4 is 44.7 Å². The Bertz CT molecular complexity index is 643. The Morgan fingerprint density at radius 2 is 2.30 bits per heavy atom. The van der Waals surface area contributed by atoms with Gasteiger partial charge in [0.1, 0.15) is 5.82 Å². The lowest BCUT2D eigenvalue weighted by molar-refractivity contribution is 0.539. The molecular weight excluding hydrogens is 341 g/mol. The van der Waals surface area contributed by atoms with Crippen LogP contribution in [0.4, 0.5) is 10.3 Å². The maximum absolute atomic E-state index is 13.8. The maximum Gasteiger partial charge on any atom is 0.201 e. The average Bonchev–Trinajstić information content (AvgIpc) is 2.95. The van der Waals surface area contributed by atoms with E-state index in [1.54, 1.807) is 6.07 Å². The number of halogens is 2. The lowest BCUT2D eigenvalue weighted by atomic mass is 10.2. The number of hydrogen-bond acceptors (Lipinski definition) is 3. The van der Waals surface area contributed by atoms with Crippen molar-refractivity contribution in [2.45, 2.75) is 37.5 Å². The van der Waals surface area contributed by atoms with Crippen LogP contribution in [0.25, 0.3) is 11.0 Å². The van der Waals surface area contributed by atoms with Crippen molar-refractivity contribution in [3.63, 3.8) is 0 Å². The van der Waals surface area contributed by atoms with Gasteiger partial charge in [-0.05, 0) is 47.0 Å². The molecule has 1 aromatic heterocycles. The smallest absolute Gasteiger partial charge is 0.201 e. The van der Waals surface area contributed by atoms with E-state index in [4.69, 9.17) is 5.73 Å². The van der Waals surface area contributed by atoms with E-state index >= 15 is 0 Å². The first-order valence-corrected chi connectivity index (χ1v) is 8.68. The van der Waals surface area contributed by atoms with Gasteiger partial charge in [-0.3, -0.25) is 0 Å². The van der Waals surface area contributed by atoms with Crippen LogP contribution in [0, 0.1) is 5.82 Å². The monoisotopic (exact) mass is 357 g/mol. The van der Waals surface area contributed by atoms with Crippen molar-refractivity contribution in [3.8, 4) is 0 Å². The largest absolute Gasteiger partial charge is 0.369 e. The third-order valence-electron chi connectivity index (χ3n) is 3.88. The summed E-state index contributed by atoms with van der Waals surface area (Å²) in [6, 6.07) is 3.57. The van der Waals surface area contributed by atoms with Gasteiger partial charge in [-0.25, -0.2) is 9.37 Å². The van der Waals surface area contributed by atoms with Crippen LogP contribution in [-0.2, 0) is 0 Å². The number of imidazole rings is 1. The number of fused-ring (bicyclic) bond motifs is 1. The van der Waals surface area contributed by atoms with Crippen LogP contribution < -0.4 is 5.73 Å². The number of nitrogens with zero attached hydrogens (tertiary/aromatic N) is 2. The van der Waals surface area contributed by atoms with Crippen LogP contribution in [0.1, 0.15) is 32.2 Å². The molecule has 0 spiro atoms. The maximum atomic E-state index is 13.8. The summed E-state index contributed by atoms with van der Waals surface area (Å²) in [6.45, 7) is 2.19. The van der Waals surface area contributed by atoms with Crippen LogP contribution >= 0.6 is 27.7 Å². The fraction of sp³-hybridized carbons (Fsp3) is 0.500. The zero-order chi connectivity index (χ0) is 14.3. The molecular formula is C14H17BrFN3S. The molecule has 1 fully saturated rings. The van der Waals surface area contributed by atoms with Crippen molar-refractivity contribution in [1.82, 2.24) is 9.55 Å². The highest BCUT2D eigenvalue weighted by atomic mass is 79.9. The molecule has 1 heterocycles. The van der Waals surface area contributed by atoms with Crippen molar-refractivity contribution in [3.05, 3.63) is 22.4 Å². The van der Waals surface area contributed by atoms with E-state index < -0.39 is 0 Å². The number of thioether (sulfide) groups is 1. The Kier molecular flexibility index (Phi) is 3.95. The van der Waals surface area contributed by atoms with E-state index in [1.807, 2.05) is 16.3 Å². The van der Waals surface area contributed by atoms with E-state index in [2.05, 4.69) is 27.8 Å². The Balaban J connectivity index is 1.99. The van der Waals surface area contributed by atoms with Crippen molar-refractivity contribution in [2.75, 3.05) is 11.5 Å². The van der Waals surface area contributed by atoms with Gasteiger partial charge in [-0.15, -0.1) is 0 Å². The van der Waals surface area contributed by atoms with E-state index in [9.17, 15) is 4.39 Å². The molecule has 1 aromatic carbocycles. The summed E-state index contributed by atoms with van der Waals surface area (Å²) in [5, 5.41) is 0.683. The topological polar surface area (TPSA) is 43.8 Å². The quantitative estimate of drug-likeness (QED) is 0.886. The highest BCUT2D eigenvalue weighted by Gasteiger charge is 2.28. The third kappa shape index (κ3) is 2.44. The summed E-state index contributed by atoms with van der Waals surface area (Å²) < 4.78 is 16.2. The first-order chi connectivity index (χ1) is 9.60. The fourth-order valence-corrected chi connectivity index (χ4v) is 4.50. The number of rotatable bonds is 3. The van der Waals surface area contributed by atoms with Crippen LogP contribution in [0.15, 0.2) is 16.6 Å². The van der Waals surface area contributed by atoms with Gasteiger partial charge >= 0.3 is 0 Å². The Morgan fingerprint density at radius 3 is 3.05 bits per heavy atom. The molecule has 0 saturated heterocycles. The molecule has 0 radical (unpaired) electrons. The number of hydrogen-bond donors (Lipinski definition) is 1. The van der Waals surface area contributed by atoms with E-state index in [-0.39, 0.29) is 5.82 Å². The molecule has 3 rings (SSSR count). The molecule has 0 bridgehead atoms. The van der Waals surface area contributed by atoms with E-state index in [0.717, 1.165) is 29.6 Å². The molecule has 1 aliphatic carbocycles. The van der Waals surface area contributed by atoms with Gasteiger partial charge in [0, 0.05) is 17.4 Å². The summed E-state index contributed by atoms with van der Waals surface area (Å²) >= 11 is 5.20. The van der Waals surface area contributed by atoms with Crippen LogP contribution in [-0.4, -0.2) is 20.6 Å². The molecule has 1 saturated carbocycles. The predicted octanol–water partition coefficient (Wildman–Crippen LogP) is 4.37. The van der Waals surface area contributed by atoms with Gasteiger partial charge in [0.05, 0.1) is 15.5 Å².